The number of aliphatic carboxylic acids is 1. The van der Waals surface area contributed by atoms with Gasteiger partial charge < -0.3 is 56.0 Å². The number of carboxylic acids is 1. The van der Waals surface area contributed by atoms with Crippen molar-refractivity contribution >= 4 is 75.1 Å². The maximum atomic E-state index is 12.7. The van der Waals surface area contributed by atoms with Gasteiger partial charge in [0.1, 0.15) is 36.3 Å². The summed E-state index contributed by atoms with van der Waals surface area (Å²) in [6, 6.07) is 0. The molecule has 3 heterocycles. The van der Waals surface area contributed by atoms with Crippen LogP contribution in [0.5, 0.6) is 0 Å². The third-order valence-corrected chi connectivity index (χ3v) is 12.5. The van der Waals surface area contributed by atoms with Crippen molar-refractivity contribution < 1.29 is 90.4 Å². The number of imidazole rings is 1. The molecule has 2 aromatic rings. The number of rotatable bonds is 26. The number of hydrogen-bond donors (Lipinski definition) is 10. The average Bonchev–Trinajstić information content (AvgIpc) is 3.72. The van der Waals surface area contributed by atoms with Crippen LogP contribution >= 0.6 is 35.2 Å². The molecule has 1 aliphatic rings. The highest BCUT2D eigenvalue weighted by Gasteiger charge is 2.50. The Bertz CT molecular complexity index is 2080. The third-order valence-electron chi connectivity index (χ3n) is 8.53. The van der Waals surface area contributed by atoms with E-state index in [1.807, 2.05) is 0 Å². The molecule has 1 aliphatic heterocycles. The third kappa shape index (κ3) is 16.3. The van der Waals surface area contributed by atoms with Crippen LogP contribution in [0.1, 0.15) is 52.2 Å². The fraction of sp³-hybridized carbons (Fsp3) is 0.581. The molecule has 26 nitrogen and oxygen atoms in total. The van der Waals surface area contributed by atoms with E-state index >= 15 is 0 Å². The Morgan fingerprint density at radius 3 is 2.31 bits per heavy atom. The number of phosphoric acid groups is 3. The number of nitrogen functional groups attached to an aromatic ring is 1. The van der Waals surface area contributed by atoms with E-state index in [2.05, 4.69) is 47.6 Å². The van der Waals surface area contributed by atoms with Crippen LogP contribution < -0.4 is 16.4 Å². The first kappa shape index (κ1) is 51.9. The van der Waals surface area contributed by atoms with Crippen molar-refractivity contribution in [1.29, 1.82) is 0 Å². The van der Waals surface area contributed by atoms with Gasteiger partial charge in [-0.25, -0.2) is 28.6 Å². The Hall–Kier alpha value is -3.49. The van der Waals surface area contributed by atoms with E-state index < -0.39 is 90.5 Å². The molecule has 0 bridgehead atoms. The first-order valence-corrected chi connectivity index (χ1v) is 23.4. The van der Waals surface area contributed by atoms with Crippen molar-refractivity contribution in [2.24, 2.45) is 5.41 Å². The molecule has 0 aromatic carbocycles. The van der Waals surface area contributed by atoms with Crippen LogP contribution in [0.25, 0.3) is 11.2 Å². The van der Waals surface area contributed by atoms with Crippen molar-refractivity contribution in [3.8, 4) is 0 Å². The van der Waals surface area contributed by atoms with Gasteiger partial charge in [0, 0.05) is 42.7 Å². The summed E-state index contributed by atoms with van der Waals surface area (Å²) in [5.74, 6) is -2.30. The Morgan fingerprint density at radius 2 is 1.66 bits per heavy atom. The van der Waals surface area contributed by atoms with Gasteiger partial charge in [-0.1, -0.05) is 38.8 Å². The molecule has 0 aliphatic carbocycles. The minimum atomic E-state index is -5.60. The molecule has 2 aromatic heterocycles. The number of nitrogens with one attached hydrogen (secondary N) is 2. The van der Waals surface area contributed by atoms with Crippen LogP contribution in [0.2, 0.25) is 0 Å². The summed E-state index contributed by atoms with van der Waals surface area (Å²) in [7, 11) is -16.5. The number of carbonyl (C=O) groups is 4. The van der Waals surface area contributed by atoms with E-state index in [4.69, 9.17) is 24.6 Å². The number of thioether (sulfide) groups is 1. The molecule has 0 radical (unpaired) electrons. The summed E-state index contributed by atoms with van der Waals surface area (Å²) in [6.45, 7) is 7.74. The number of aromatic nitrogens is 4. The number of carboxylic acid groups (broad SMARTS) is 1. The SMILES string of the molecule is C=C(CCCCC(=O)O)C(=C)C(=O)SCCNC(=O)CCNC(=O)C(O)C(C)(C)COP(=O)(O)OP(=O)(O)OCC1OC(n2cnc3c(N)ncnc32)C(O)C1OP(=O)(O)O. The lowest BCUT2D eigenvalue weighted by Crippen LogP contribution is -2.46. The average molecular weight is 948 g/mol. The Labute approximate surface area is 351 Å². The highest BCUT2D eigenvalue weighted by atomic mass is 32.2. The number of unbranched alkanes of at least 4 members (excludes halogenated alkanes) is 1. The molecule has 7 unspecified atom stereocenters. The fourth-order valence-corrected chi connectivity index (χ4v) is 8.81. The van der Waals surface area contributed by atoms with Gasteiger partial charge in [-0.05, 0) is 24.8 Å². The minimum absolute atomic E-state index is 0.00597. The number of nitrogens with two attached hydrogens (primary N) is 1. The van der Waals surface area contributed by atoms with Crippen molar-refractivity contribution in [3.63, 3.8) is 0 Å². The number of allylic oxidation sites excluding steroid dienone is 1. The Balaban J connectivity index is 1.43. The van der Waals surface area contributed by atoms with Crippen molar-refractivity contribution in [2.45, 2.75) is 76.6 Å². The van der Waals surface area contributed by atoms with Crippen LogP contribution in [0.15, 0.2) is 37.0 Å². The normalized spacial score (nSPS) is 20.7. The lowest BCUT2D eigenvalue weighted by Gasteiger charge is -2.30. The summed E-state index contributed by atoms with van der Waals surface area (Å²) < 4.78 is 62.2. The van der Waals surface area contributed by atoms with Gasteiger partial charge in [-0.15, -0.1) is 0 Å². The second-order valence-corrected chi connectivity index (χ2v) is 19.2. The van der Waals surface area contributed by atoms with E-state index in [0.29, 0.717) is 24.8 Å². The van der Waals surface area contributed by atoms with Gasteiger partial charge in [0.05, 0.1) is 19.5 Å². The predicted molar refractivity (Wildman–Crippen MR) is 211 cm³/mol. The van der Waals surface area contributed by atoms with Crippen LogP contribution in [0.3, 0.4) is 0 Å². The smallest absolute Gasteiger partial charge is 0.481 e. The maximum Gasteiger partial charge on any atom is 0.481 e. The van der Waals surface area contributed by atoms with Gasteiger partial charge in [-0.2, -0.15) is 4.31 Å². The summed E-state index contributed by atoms with van der Waals surface area (Å²) >= 11 is 0.896. The highest BCUT2D eigenvalue weighted by Crippen LogP contribution is 2.61. The van der Waals surface area contributed by atoms with Crippen molar-refractivity contribution in [1.82, 2.24) is 30.2 Å². The first-order valence-electron chi connectivity index (χ1n) is 17.9. The summed E-state index contributed by atoms with van der Waals surface area (Å²) in [5.41, 5.74) is 4.89. The monoisotopic (exact) mass is 947 g/mol. The molecule has 11 N–H and O–H groups in total. The summed E-state index contributed by atoms with van der Waals surface area (Å²) in [4.78, 5) is 98.8. The lowest BCUT2D eigenvalue weighted by atomic mass is 9.87. The van der Waals surface area contributed by atoms with Crippen LogP contribution in [-0.2, 0) is 55.5 Å². The van der Waals surface area contributed by atoms with Crippen molar-refractivity contribution in [2.75, 3.05) is 37.8 Å². The van der Waals surface area contributed by atoms with E-state index in [9.17, 15) is 62.7 Å². The van der Waals surface area contributed by atoms with Crippen LogP contribution in [0, 0.1) is 5.41 Å². The number of aliphatic hydroxyl groups is 2. The van der Waals surface area contributed by atoms with Crippen LogP contribution in [0.4, 0.5) is 5.82 Å². The molecular formula is C31H48N7O19P3S. The number of fused-ring (bicyclic) bond motifs is 1. The standard InChI is InChI=1S/C31H48N7O19P3S/c1-17(7-5-6-8-21(40)41)18(2)30(45)61-12-11-33-20(39)9-10-34-28(44)25(43)31(3,4)14-54-60(51,52)57-59(49,50)53-13-19-24(56-58(46,47)48)23(42)29(55-19)38-16-37-22-26(32)35-15-36-27(22)38/h15-16,19,23-25,29,42-43H,1-2,5-14H2,3-4H3,(H,33,39)(H,34,44)(H,40,41)(H,49,50)(H,51,52)(H2,32,35,36)(H2,46,47,48). The van der Waals surface area contributed by atoms with Gasteiger partial charge in [0.25, 0.3) is 0 Å². The molecule has 0 saturated carbocycles. The number of aliphatic hydroxyl groups excluding tert-OH is 2. The molecule has 7 atom stereocenters. The quantitative estimate of drug-likeness (QED) is 0.0264. The topological polar surface area (TPSA) is 401 Å². The molecule has 0 spiro atoms. The molecular weight excluding hydrogens is 899 g/mol. The lowest BCUT2D eigenvalue weighted by molar-refractivity contribution is -0.137. The van der Waals surface area contributed by atoms with Gasteiger partial charge >= 0.3 is 29.4 Å². The number of nitrogens with zero attached hydrogens (tertiary/aromatic N) is 4. The molecule has 61 heavy (non-hydrogen) atoms. The molecule has 1 fully saturated rings. The van der Waals surface area contributed by atoms with E-state index in [0.717, 1.165) is 29.0 Å². The minimum Gasteiger partial charge on any atom is -0.481 e. The number of carbonyl (C=O) groups excluding carboxylic acids is 3. The van der Waals surface area contributed by atoms with Gasteiger partial charge in [0.2, 0.25) is 16.9 Å². The largest absolute Gasteiger partial charge is 0.481 e. The fourth-order valence-electron chi connectivity index (χ4n) is 5.27. The Morgan fingerprint density at radius 1 is 1.00 bits per heavy atom. The second kappa shape index (κ2) is 22.2. The summed E-state index contributed by atoms with van der Waals surface area (Å²) in [6.07, 6.45) is -5.72. The van der Waals surface area contributed by atoms with Crippen molar-refractivity contribution in [3.05, 3.63) is 37.0 Å². The molecule has 30 heteroatoms. The van der Waals surface area contributed by atoms with E-state index in [-0.39, 0.29) is 59.4 Å². The van der Waals surface area contributed by atoms with E-state index in [1.165, 1.54) is 13.8 Å². The number of amides is 2. The Kier molecular flexibility index (Phi) is 18.9. The number of hydrogen-bond acceptors (Lipinski definition) is 19. The molecule has 3 rings (SSSR count). The summed E-state index contributed by atoms with van der Waals surface area (Å²) in [5, 5.41) is 34.7. The maximum absolute atomic E-state index is 12.7. The van der Waals surface area contributed by atoms with Gasteiger partial charge in [-0.3, -0.25) is 37.3 Å². The van der Waals surface area contributed by atoms with Gasteiger partial charge in [0.15, 0.2) is 17.7 Å². The highest BCUT2D eigenvalue weighted by molar-refractivity contribution is 8.14. The zero-order chi connectivity index (χ0) is 45.9. The first-order chi connectivity index (χ1) is 28.2. The molecule has 342 valence electrons. The number of ether oxygens (including phenoxy) is 1. The second-order valence-electron chi connectivity index (χ2n) is 13.9. The zero-order valence-electron chi connectivity index (χ0n) is 32.7. The predicted octanol–water partition coefficient (Wildman–Crippen LogP) is 0.422. The van der Waals surface area contributed by atoms with E-state index in [1.54, 1.807) is 0 Å². The van der Waals surface area contributed by atoms with Crippen LogP contribution in [-0.4, -0.2) is 134 Å². The molecule has 2 amide bonds. The zero-order valence-corrected chi connectivity index (χ0v) is 36.2. The number of phosphoric ester groups is 3. The molecule has 1 saturated heterocycles. The number of anilines is 1.